The number of hydrogen-bond acceptors (Lipinski definition) is 7. The molecule has 1 saturated heterocycles. The number of benzene rings is 1. The fourth-order valence-corrected chi connectivity index (χ4v) is 4.02. The molecule has 1 atom stereocenters. The number of nitrogens with one attached hydrogen (secondary N) is 1. The maximum atomic E-state index is 12.7. The third kappa shape index (κ3) is 4.43. The average molecular weight is 469 g/mol. The van der Waals surface area contributed by atoms with Crippen LogP contribution in [0.1, 0.15) is 12.6 Å². The second-order valence-electron chi connectivity index (χ2n) is 7.31. The average Bonchev–Trinajstić information content (AvgIpc) is 3.20. The van der Waals surface area contributed by atoms with Gasteiger partial charge in [0.1, 0.15) is 18.8 Å². The minimum atomic E-state index is -5.05. The van der Waals surface area contributed by atoms with Gasteiger partial charge in [0.15, 0.2) is 5.65 Å². The van der Waals surface area contributed by atoms with E-state index in [0.29, 0.717) is 36.0 Å². The van der Waals surface area contributed by atoms with E-state index in [1.54, 1.807) is 18.2 Å². The van der Waals surface area contributed by atoms with Crippen molar-refractivity contribution in [3.8, 4) is 0 Å². The third-order valence-corrected chi connectivity index (χ3v) is 5.54. The number of carbonyl (C=O) groups excluding carboxylic acids is 1. The number of carbonyl (C=O) groups is 1. The number of esters is 1. The largest absolute Gasteiger partial charge is 0.490 e. The van der Waals surface area contributed by atoms with Gasteiger partial charge in [-0.1, -0.05) is 24.6 Å². The van der Waals surface area contributed by atoms with Gasteiger partial charge in [0.2, 0.25) is 0 Å². The zero-order valence-electron chi connectivity index (χ0n) is 17.1. The summed E-state index contributed by atoms with van der Waals surface area (Å²) in [6.07, 6.45) is -2.98. The van der Waals surface area contributed by atoms with Crippen molar-refractivity contribution in [1.82, 2.24) is 20.2 Å². The number of halogens is 4. The van der Waals surface area contributed by atoms with Gasteiger partial charge in [-0.3, -0.25) is 5.10 Å². The first-order valence-electron chi connectivity index (χ1n) is 9.97. The lowest BCUT2D eigenvalue weighted by atomic mass is 10.1. The van der Waals surface area contributed by atoms with E-state index < -0.39 is 24.8 Å². The Morgan fingerprint density at radius 3 is 2.84 bits per heavy atom. The maximum absolute atomic E-state index is 12.7. The molecule has 0 radical (unpaired) electrons. The van der Waals surface area contributed by atoms with Gasteiger partial charge < -0.3 is 14.5 Å². The highest BCUT2D eigenvalue weighted by Crippen LogP contribution is 2.30. The first-order valence-corrected chi connectivity index (χ1v) is 10.3. The Morgan fingerprint density at radius 1 is 1.31 bits per heavy atom. The minimum absolute atomic E-state index is 0.276. The van der Waals surface area contributed by atoms with Crippen molar-refractivity contribution in [1.29, 1.82) is 0 Å². The van der Waals surface area contributed by atoms with Crippen LogP contribution in [0.15, 0.2) is 30.6 Å². The molecule has 4 rings (SSSR count). The van der Waals surface area contributed by atoms with Crippen molar-refractivity contribution in [3.05, 3.63) is 41.3 Å². The Bertz CT molecular complexity index is 1120. The van der Waals surface area contributed by atoms with Crippen LogP contribution in [0, 0.1) is 0 Å². The molecule has 0 bridgehead atoms. The molecular weight excluding hydrogens is 449 g/mol. The smallest absolute Gasteiger partial charge is 0.457 e. The number of H-pyrrole nitrogens is 1. The standard InChI is InChI=1S/C20H20ClF3N6O2/c1-2-15-16-17(28-27-15)25-11-26-18(16)29-6-7-30(13-5-3-4-12(21)8-13)14(9-29)10-32-19(31)20(22,23)24/h3-5,8,11,14H,2,6-7,9-10H2,1H3,(H,25,26,27,28). The molecular formula is C20H20ClF3N6O2. The predicted octanol–water partition coefficient (Wildman–Crippen LogP) is 3.37. The van der Waals surface area contributed by atoms with Gasteiger partial charge in [-0.25, -0.2) is 14.8 Å². The van der Waals surface area contributed by atoms with Gasteiger partial charge in [-0.2, -0.15) is 18.3 Å². The number of nitrogens with zero attached hydrogens (tertiary/aromatic N) is 5. The molecule has 1 fully saturated rings. The normalized spacial score (nSPS) is 17.1. The highest BCUT2D eigenvalue weighted by atomic mass is 35.5. The van der Waals surface area contributed by atoms with Gasteiger partial charge in [0.25, 0.3) is 0 Å². The van der Waals surface area contributed by atoms with E-state index >= 15 is 0 Å². The Labute approximate surface area is 186 Å². The molecule has 0 amide bonds. The molecule has 32 heavy (non-hydrogen) atoms. The van der Waals surface area contributed by atoms with E-state index in [1.165, 1.54) is 6.33 Å². The summed E-state index contributed by atoms with van der Waals surface area (Å²) in [5.41, 5.74) is 2.12. The van der Waals surface area contributed by atoms with E-state index in [1.807, 2.05) is 22.8 Å². The van der Waals surface area contributed by atoms with Crippen LogP contribution in [-0.4, -0.2) is 64.6 Å². The fraction of sp³-hybridized carbons (Fsp3) is 0.400. The van der Waals surface area contributed by atoms with Crippen LogP contribution in [0.2, 0.25) is 5.02 Å². The van der Waals surface area contributed by atoms with Crippen LogP contribution in [0.4, 0.5) is 24.7 Å². The lowest BCUT2D eigenvalue weighted by Crippen LogP contribution is -2.56. The molecule has 12 heteroatoms. The molecule has 8 nitrogen and oxygen atoms in total. The van der Waals surface area contributed by atoms with Crippen molar-refractivity contribution in [2.24, 2.45) is 0 Å². The Morgan fingerprint density at radius 2 is 2.12 bits per heavy atom. The van der Waals surface area contributed by atoms with E-state index in [-0.39, 0.29) is 6.54 Å². The molecule has 2 aromatic heterocycles. The first kappa shape index (κ1) is 22.1. The number of aromatic nitrogens is 4. The second-order valence-corrected chi connectivity index (χ2v) is 7.75. The van der Waals surface area contributed by atoms with Crippen molar-refractivity contribution >= 4 is 40.1 Å². The van der Waals surface area contributed by atoms with E-state index in [2.05, 4.69) is 24.9 Å². The van der Waals surface area contributed by atoms with Crippen molar-refractivity contribution in [2.75, 3.05) is 36.0 Å². The van der Waals surface area contributed by atoms with Crippen LogP contribution in [0.25, 0.3) is 11.0 Å². The van der Waals surface area contributed by atoms with Crippen LogP contribution >= 0.6 is 11.6 Å². The lowest BCUT2D eigenvalue weighted by Gasteiger charge is -2.43. The quantitative estimate of drug-likeness (QED) is 0.574. The van der Waals surface area contributed by atoms with Crippen molar-refractivity contribution < 1.29 is 22.7 Å². The number of rotatable bonds is 5. The zero-order valence-corrected chi connectivity index (χ0v) is 17.8. The summed E-state index contributed by atoms with van der Waals surface area (Å²) in [5.74, 6) is -1.58. The van der Waals surface area contributed by atoms with Gasteiger partial charge in [0.05, 0.1) is 17.1 Å². The SMILES string of the molecule is CCc1n[nH]c2ncnc(N3CCN(c4cccc(Cl)c4)C(COC(=O)C(F)(F)F)C3)c12. The first-order chi connectivity index (χ1) is 15.3. The number of aryl methyl sites for hydroxylation is 1. The van der Waals surface area contributed by atoms with E-state index in [9.17, 15) is 18.0 Å². The summed E-state index contributed by atoms with van der Waals surface area (Å²) in [4.78, 5) is 23.8. The van der Waals surface area contributed by atoms with Crippen LogP contribution in [0.5, 0.6) is 0 Å². The minimum Gasteiger partial charge on any atom is -0.457 e. The topological polar surface area (TPSA) is 87.2 Å². The number of anilines is 2. The molecule has 0 spiro atoms. The summed E-state index contributed by atoms with van der Waals surface area (Å²) in [5, 5.41) is 8.43. The molecule has 1 aliphatic rings. The van der Waals surface area contributed by atoms with Crippen LogP contribution < -0.4 is 9.80 Å². The lowest BCUT2D eigenvalue weighted by molar-refractivity contribution is -0.200. The summed E-state index contributed by atoms with van der Waals surface area (Å²) < 4.78 is 42.7. The van der Waals surface area contributed by atoms with Crippen molar-refractivity contribution in [3.63, 3.8) is 0 Å². The van der Waals surface area contributed by atoms with Crippen LogP contribution in [-0.2, 0) is 16.0 Å². The molecule has 1 unspecified atom stereocenters. The number of piperazine rings is 1. The van der Waals surface area contributed by atoms with Gasteiger partial charge in [-0.15, -0.1) is 0 Å². The summed E-state index contributed by atoms with van der Waals surface area (Å²) in [7, 11) is 0. The molecule has 1 aliphatic heterocycles. The van der Waals surface area contributed by atoms with E-state index in [0.717, 1.165) is 16.8 Å². The fourth-order valence-electron chi connectivity index (χ4n) is 3.84. The number of alkyl halides is 3. The van der Waals surface area contributed by atoms with Crippen molar-refractivity contribution in [2.45, 2.75) is 25.6 Å². The molecule has 1 N–H and O–H groups in total. The zero-order chi connectivity index (χ0) is 22.9. The predicted molar refractivity (Wildman–Crippen MR) is 113 cm³/mol. The molecule has 170 valence electrons. The highest BCUT2D eigenvalue weighted by molar-refractivity contribution is 6.30. The Hall–Kier alpha value is -3.08. The maximum Gasteiger partial charge on any atom is 0.490 e. The molecule has 0 aliphatic carbocycles. The summed E-state index contributed by atoms with van der Waals surface area (Å²) in [6, 6.07) is 6.45. The molecule has 0 saturated carbocycles. The second kappa shape index (κ2) is 8.81. The number of fused-ring (bicyclic) bond motifs is 1. The molecule has 1 aromatic carbocycles. The van der Waals surface area contributed by atoms with Gasteiger partial charge >= 0.3 is 12.1 Å². The van der Waals surface area contributed by atoms with Crippen LogP contribution in [0.3, 0.4) is 0 Å². The highest BCUT2D eigenvalue weighted by Gasteiger charge is 2.42. The Kier molecular flexibility index (Phi) is 6.09. The monoisotopic (exact) mass is 468 g/mol. The van der Waals surface area contributed by atoms with Gasteiger partial charge in [0, 0.05) is 30.3 Å². The number of ether oxygens (including phenoxy) is 1. The summed E-state index contributed by atoms with van der Waals surface area (Å²) in [6.45, 7) is 2.79. The Balaban J connectivity index is 1.64. The number of hydrogen-bond donors (Lipinski definition) is 1. The number of aromatic amines is 1. The molecule has 3 heterocycles. The van der Waals surface area contributed by atoms with E-state index in [4.69, 9.17) is 11.6 Å². The third-order valence-electron chi connectivity index (χ3n) is 5.31. The molecule has 3 aromatic rings. The van der Waals surface area contributed by atoms with Gasteiger partial charge in [-0.05, 0) is 24.6 Å². The summed E-state index contributed by atoms with van der Waals surface area (Å²) >= 11 is 6.11.